The highest BCUT2D eigenvalue weighted by Crippen LogP contribution is 2.31. The van der Waals surface area contributed by atoms with Gasteiger partial charge < -0.3 is 5.32 Å². The SMILES string of the molecule is CNC(=O)c1ccc(SCCC(C)C)c([N+](=O)[O-])c1. The Bertz CT molecular complexity index is 475. The van der Waals surface area contributed by atoms with E-state index < -0.39 is 4.92 Å². The van der Waals surface area contributed by atoms with E-state index in [1.54, 1.807) is 12.1 Å². The van der Waals surface area contributed by atoms with Crippen molar-refractivity contribution in [3.05, 3.63) is 33.9 Å². The van der Waals surface area contributed by atoms with Gasteiger partial charge in [0.1, 0.15) is 0 Å². The van der Waals surface area contributed by atoms with Crippen LogP contribution in [-0.2, 0) is 0 Å². The van der Waals surface area contributed by atoms with E-state index in [9.17, 15) is 14.9 Å². The van der Waals surface area contributed by atoms with Crippen LogP contribution in [0.3, 0.4) is 0 Å². The molecule has 0 atom stereocenters. The zero-order valence-electron chi connectivity index (χ0n) is 11.3. The van der Waals surface area contributed by atoms with Gasteiger partial charge >= 0.3 is 0 Å². The van der Waals surface area contributed by atoms with E-state index in [1.165, 1.54) is 24.9 Å². The fourth-order valence-corrected chi connectivity index (χ4v) is 2.73. The van der Waals surface area contributed by atoms with E-state index in [4.69, 9.17) is 0 Å². The summed E-state index contributed by atoms with van der Waals surface area (Å²) in [5.41, 5.74) is 0.303. The van der Waals surface area contributed by atoms with Gasteiger partial charge in [0.05, 0.1) is 9.82 Å². The molecule has 1 aromatic carbocycles. The largest absolute Gasteiger partial charge is 0.355 e. The molecule has 0 aliphatic rings. The average molecular weight is 282 g/mol. The van der Waals surface area contributed by atoms with E-state index >= 15 is 0 Å². The summed E-state index contributed by atoms with van der Waals surface area (Å²) in [5.74, 6) is 1.08. The smallest absolute Gasteiger partial charge is 0.283 e. The Labute approximate surface area is 116 Å². The van der Waals surface area contributed by atoms with Crippen LogP contribution in [0.5, 0.6) is 0 Å². The molecule has 0 saturated carbocycles. The average Bonchev–Trinajstić information content (AvgIpc) is 2.37. The molecule has 1 amide bonds. The van der Waals surface area contributed by atoms with Gasteiger partial charge in [-0.05, 0) is 30.2 Å². The number of carbonyl (C=O) groups excluding carboxylic acids is 1. The van der Waals surface area contributed by atoms with Gasteiger partial charge in [-0.1, -0.05) is 13.8 Å². The number of benzene rings is 1. The third-order valence-electron chi connectivity index (χ3n) is 2.60. The monoisotopic (exact) mass is 282 g/mol. The maximum Gasteiger partial charge on any atom is 0.283 e. The van der Waals surface area contributed by atoms with Gasteiger partial charge in [0.15, 0.2) is 0 Å². The van der Waals surface area contributed by atoms with Crippen molar-refractivity contribution in [1.82, 2.24) is 5.32 Å². The molecular formula is C13H18N2O3S. The normalized spacial score (nSPS) is 10.5. The number of amides is 1. The van der Waals surface area contributed by atoms with E-state index in [1.807, 2.05) is 0 Å². The van der Waals surface area contributed by atoms with E-state index in [0.717, 1.165) is 12.2 Å². The molecule has 0 unspecified atom stereocenters. The summed E-state index contributed by atoms with van der Waals surface area (Å²) in [5, 5.41) is 13.5. The van der Waals surface area contributed by atoms with Crippen LogP contribution >= 0.6 is 11.8 Å². The van der Waals surface area contributed by atoms with Crippen molar-refractivity contribution in [2.45, 2.75) is 25.2 Å². The summed E-state index contributed by atoms with van der Waals surface area (Å²) in [7, 11) is 1.50. The Morgan fingerprint density at radius 3 is 2.68 bits per heavy atom. The number of thioether (sulfide) groups is 1. The highest BCUT2D eigenvalue weighted by atomic mass is 32.2. The van der Waals surface area contributed by atoms with Gasteiger partial charge in [-0.15, -0.1) is 11.8 Å². The van der Waals surface area contributed by atoms with Crippen molar-refractivity contribution in [2.24, 2.45) is 5.92 Å². The number of rotatable bonds is 6. The molecule has 0 aliphatic carbocycles. The minimum absolute atomic E-state index is 0.00476. The first-order chi connectivity index (χ1) is 8.95. The van der Waals surface area contributed by atoms with Gasteiger partial charge in [-0.3, -0.25) is 14.9 Å². The Hall–Kier alpha value is -1.56. The summed E-state index contributed by atoms with van der Waals surface area (Å²) in [4.78, 5) is 22.7. The molecule has 6 heteroatoms. The maximum absolute atomic E-state index is 11.5. The number of nitro benzene ring substituents is 1. The second-order valence-electron chi connectivity index (χ2n) is 4.55. The highest BCUT2D eigenvalue weighted by molar-refractivity contribution is 7.99. The number of nitrogens with zero attached hydrogens (tertiary/aromatic N) is 1. The number of nitro groups is 1. The topological polar surface area (TPSA) is 72.2 Å². The number of hydrogen-bond acceptors (Lipinski definition) is 4. The molecule has 5 nitrogen and oxygen atoms in total. The summed E-state index contributed by atoms with van der Waals surface area (Å²) in [6.07, 6.45) is 0.999. The standard InChI is InChI=1S/C13H18N2O3S/c1-9(2)6-7-19-12-5-4-10(13(16)14-3)8-11(12)15(17)18/h4-5,8-9H,6-7H2,1-3H3,(H,14,16). The Morgan fingerprint density at radius 2 is 2.16 bits per heavy atom. The molecule has 0 aliphatic heterocycles. The van der Waals surface area contributed by atoms with Crippen LogP contribution < -0.4 is 5.32 Å². The van der Waals surface area contributed by atoms with Gasteiger partial charge in [0, 0.05) is 18.7 Å². The first kappa shape index (κ1) is 15.5. The first-order valence-electron chi connectivity index (χ1n) is 6.09. The minimum atomic E-state index is -0.440. The van der Waals surface area contributed by atoms with Crippen LogP contribution in [0.2, 0.25) is 0 Å². The molecule has 0 fully saturated rings. The van der Waals surface area contributed by atoms with Crippen molar-refractivity contribution < 1.29 is 9.72 Å². The Morgan fingerprint density at radius 1 is 1.47 bits per heavy atom. The quantitative estimate of drug-likeness (QED) is 0.494. The lowest BCUT2D eigenvalue weighted by Crippen LogP contribution is -2.17. The van der Waals surface area contributed by atoms with Gasteiger partial charge in [-0.25, -0.2) is 0 Å². The molecule has 0 radical (unpaired) electrons. The summed E-state index contributed by atoms with van der Waals surface area (Å²) >= 11 is 1.46. The second kappa shape index (κ2) is 7.13. The van der Waals surface area contributed by atoms with Crippen molar-refractivity contribution in [3.63, 3.8) is 0 Å². The van der Waals surface area contributed by atoms with Crippen molar-refractivity contribution in [1.29, 1.82) is 0 Å². The van der Waals surface area contributed by atoms with Crippen LogP contribution in [0.15, 0.2) is 23.1 Å². The minimum Gasteiger partial charge on any atom is -0.355 e. The van der Waals surface area contributed by atoms with Gasteiger partial charge in [-0.2, -0.15) is 0 Å². The molecule has 19 heavy (non-hydrogen) atoms. The predicted octanol–water partition coefficient (Wildman–Crippen LogP) is 3.09. The zero-order valence-corrected chi connectivity index (χ0v) is 12.1. The van der Waals surface area contributed by atoms with Crippen molar-refractivity contribution >= 4 is 23.4 Å². The van der Waals surface area contributed by atoms with Crippen LogP contribution in [0.25, 0.3) is 0 Å². The molecule has 0 spiro atoms. The van der Waals surface area contributed by atoms with Gasteiger partial charge in [0.2, 0.25) is 0 Å². The molecule has 0 heterocycles. The Balaban J connectivity index is 2.92. The lowest BCUT2D eigenvalue weighted by molar-refractivity contribution is -0.387. The number of nitrogens with one attached hydrogen (secondary N) is 1. The summed E-state index contributed by atoms with van der Waals surface area (Å²) in [6.45, 7) is 4.23. The third kappa shape index (κ3) is 4.55. The molecular weight excluding hydrogens is 264 g/mol. The molecule has 1 rings (SSSR count). The van der Waals surface area contributed by atoms with Crippen molar-refractivity contribution in [2.75, 3.05) is 12.8 Å². The van der Waals surface area contributed by atoms with Crippen LogP contribution in [0.1, 0.15) is 30.6 Å². The van der Waals surface area contributed by atoms with Crippen LogP contribution in [0.4, 0.5) is 5.69 Å². The zero-order chi connectivity index (χ0) is 14.4. The van der Waals surface area contributed by atoms with Crippen LogP contribution in [-0.4, -0.2) is 23.6 Å². The molecule has 0 aromatic heterocycles. The number of carbonyl (C=O) groups is 1. The number of hydrogen-bond donors (Lipinski definition) is 1. The lowest BCUT2D eigenvalue weighted by Gasteiger charge is -2.06. The molecule has 104 valence electrons. The van der Waals surface area contributed by atoms with Gasteiger partial charge in [0.25, 0.3) is 11.6 Å². The van der Waals surface area contributed by atoms with Crippen molar-refractivity contribution in [3.8, 4) is 0 Å². The maximum atomic E-state index is 11.5. The fourth-order valence-electron chi connectivity index (χ4n) is 1.47. The highest BCUT2D eigenvalue weighted by Gasteiger charge is 2.17. The molecule has 1 aromatic rings. The van der Waals surface area contributed by atoms with E-state index in [0.29, 0.717) is 16.4 Å². The molecule has 0 saturated heterocycles. The first-order valence-corrected chi connectivity index (χ1v) is 7.07. The Kier molecular flexibility index (Phi) is 5.82. The molecule has 0 bridgehead atoms. The van der Waals surface area contributed by atoms with E-state index in [2.05, 4.69) is 19.2 Å². The lowest BCUT2D eigenvalue weighted by atomic mass is 10.2. The fraction of sp³-hybridized carbons (Fsp3) is 0.462. The van der Waals surface area contributed by atoms with Crippen LogP contribution in [0, 0.1) is 16.0 Å². The second-order valence-corrected chi connectivity index (χ2v) is 5.69. The van der Waals surface area contributed by atoms with E-state index in [-0.39, 0.29) is 11.6 Å². The summed E-state index contributed by atoms with van der Waals surface area (Å²) in [6, 6.07) is 4.59. The third-order valence-corrected chi connectivity index (χ3v) is 3.69. The molecule has 1 N–H and O–H groups in total. The summed E-state index contributed by atoms with van der Waals surface area (Å²) < 4.78 is 0. The predicted molar refractivity (Wildman–Crippen MR) is 76.7 cm³/mol.